The van der Waals surface area contributed by atoms with Crippen LogP contribution >= 0.6 is 0 Å². The number of halogens is 2. The number of morpholine rings is 1. The number of nitrogens with two attached hydrogens (primary N) is 1. The molecule has 4 nitrogen and oxygen atoms in total. The zero-order chi connectivity index (χ0) is 15.4. The maximum Gasteiger partial charge on any atom is 0.387 e. The number of benzene rings is 1. The van der Waals surface area contributed by atoms with Crippen LogP contribution in [0.2, 0.25) is 0 Å². The zero-order valence-electron chi connectivity index (χ0n) is 12.3. The molecule has 1 heterocycles. The molecule has 3 unspecified atom stereocenters. The number of hydrogen-bond donors (Lipinski definition) is 1. The van der Waals surface area contributed by atoms with Gasteiger partial charge in [-0.2, -0.15) is 8.78 Å². The summed E-state index contributed by atoms with van der Waals surface area (Å²) in [5, 5.41) is 0. The molecule has 118 valence electrons. The molecular formula is C15H22F2N2O2. The Kier molecular flexibility index (Phi) is 5.50. The Bertz CT molecular complexity index is 459. The molecule has 1 aliphatic heterocycles. The largest absolute Gasteiger partial charge is 0.434 e. The van der Waals surface area contributed by atoms with E-state index in [2.05, 4.69) is 9.64 Å². The van der Waals surface area contributed by atoms with E-state index in [0.717, 1.165) is 0 Å². The number of rotatable bonds is 5. The fraction of sp³-hybridized carbons (Fsp3) is 0.600. The Morgan fingerprint density at radius 1 is 1.38 bits per heavy atom. The predicted molar refractivity (Wildman–Crippen MR) is 76.5 cm³/mol. The molecule has 1 fully saturated rings. The Morgan fingerprint density at radius 3 is 2.76 bits per heavy atom. The molecule has 0 radical (unpaired) electrons. The van der Waals surface area contributed by atoms with Crippen molar-refractivity contribution in [2.45, 2.75) is 38.6 Å². The first-order valence-electron chi connectivity index (χ1n) is 7.14. The van der Waals surface area contributed by atoms with Gasteiger partial charge >= 0.3 is 6.61 Å². The van der Waals surface area contributed by atoms with Crippen LogP contribution in [0.4, 0.5) is 8.78 Å². The first-order valence-corrected chi connectivity index (χ1v) is 7.14. The van der Waals surface area contributed by atoms with Crippen LogP contribution < -0.4 is 10.5 Å². The van der Waals surface area contributed by atoms with E-state index in [1.165, 1.54) is 0 Å². The number of hydrogen-bond acceptors (Lipinski definition) is 4. The molecule has 0 aliphatic carbocycles. The van der Waals surface area contributed by atoms with Crippen LogP contribution in [0.1, 0.15) is 25.5 Å². The predicted octanol–water partition coefficient (Wildman–Crippen LogP) is 2.40. The summed E-state index contributed by atoms with van der Waals surface area (Å²) in [5.41, 5.74) is 6.61. The first-order chi connectivity index (χ1) is 10.0. The number of para-hydroxylation sites is 1. The highest BCUT2D eigenvalue weighted by Crippen LogP contribution is 2.32. The molecule has 2 N–H and O–H groups in total. The minimum Gasteiger partial charge on any atom is -0.434 e. The summed E-state index contributed by atoms with van der Waals surface area (Å²) in [6.45, 7) is 2.85. The molecule has 6 heteroatoms. The number of ether oxygens (including phenoxy) is 2. The van der Waals surface area contributed by atoms with Crippen LogP contribution in [-0.2, 0) is 4.74 Å². The van der Waals surface area contributed by atoms with Crippen LogP contribution in [0.15, 0.2) is 24.3 Å². The van der Waals surface area contributed by atoms with Gasteiger partial charge in [0.1, 0.15) is 5.75 Å². The van der Waals surface area contributed by atoms with Gasteiger partial charge in [-0.25, -0.2) is 0 Å². The number of nitrogens with zero attached hydrogens (tertiary/aromatic N) is 1. The van der Waals surface area contributed by atoms with Gasteiger partial charge in [0.25, 0.3) is 0 Å². The van der Waals surface area contributed by atoms with E-state index in [9.17, 15) is 8.78 Å². The Balaban J connectivity index is 2.28. The first kappa shape index (κ1) is 16.1. The SMILES string of the molecule is CC1CN(C(CN)c2ccccc2OC(F)F)C(C)CO1. The van der Waals surface area contributed by atoms with Crippen molar-refractivity contribution in [3.05, 3.63) is 29.8 Å². The quantitative estimate of drug-likeness (QED) is 0.907. The van der Waals surface area contributed by atoms with Crippen LogP contribution in [0.3, 0.4) is 0 Å². The highest BCUT2D eigenvalue weighted by Gasteiger charge is 2.31. The van der Waals surface area contributed by atoms with E-state index in [-0.39, 0.29) is 23.9 Å². The average Bonchev–Trinajstić information content (AvgIpc) is 2.44. The molecule has 2 rings (SSSR count). The summed E-state index contributed by atoms with van der Waals surface area (Å²) in [6, 6.07) is 6.85. The van der Waals surface area contributed by atoms with Crippen molar-refractivity contribution in [2.24, 2.45) is 5.73 Å². The molecule has 0 spiro atoms. The van der Waals surface area contributed by atoms with Crippen LogP contribution in [0.25, 0.3) is 0 Å². The van der Waals surface area contributed by atoms with E-state index in [0.29, 0.717) is 25.3 Å². The molecule has 3 atom stereocenters. The summed E-state index contributed by atoms with van der Waals surface area (Å²) < 4.78 is 35.4. The van der Waals surface area contributed by atoms with Crippen LogP contribution in [-0.4, -0.2) is 43.4 Å². The molecule has 0 saturated carbocycles. The normalized spacial score (nSPS) is 25.0. The second kappa shape index (κ2) is 7.15. The van der Waals surface area contributed by atoms with Gasteiger partial charge < -0.3 is 15.2 Å². The summed E-state index contributed by atoms with van der Waals surface area (Å²) in [5.74, 6) is 0.189. The van der Waals surface area contributed by atoms with Gasteiger partial charge in [-0.15, -0.1) is 0 Å². The monoisotopic (exact) mass is 300 g/mol. The Morgan fingerprint density at radius 2 is 2.10 bits per heavy atom. The van der Waals surface area contributed by atoms with Gasteiger partial charge in [-0.3, -0.25) is 4.90 Å². The van der Waals surface area contributed by atoms with Gasteiger partial charge in [0.05, 0.1) is 18.8 Å². The summed E-state index contributed by atoms with van der Waals surface area (Å²) in [6.07, 6.45) is 0.0958. The van der Waals surface area contributed by atoms with Gasteiger partial charge in [0, 0.05) is 24.7 Å². The number of alkyl halides is 2. The lowest BCUT2D eigenvalue weighted by molar-refractivity contribution is -0.0692. The van der Waals surface area contributed by atoms with Crippen molar-refractivity contribution in [1.29, 1.82) is 0 Å². The molecule has 1 aliphatic rings. The third kappa shape index (κ3) is 3.90. The van der Waals surface area contributed by atoms with E-state index >= 15 is 0 Å². The minimum absolute atomic E-state index is 0.0958. The highest BCUT2D eigenvalue weighted by molar-refractivity contribution is 5.36. The molecule has 0 amide bonds. The van der Waals surface area contributed by atoms with Crippen molar-refractivity contribution in [2.75, 3.05) is 19.7 Å². The highest BCUT2D eigenvalue weighted by atomic mass is 19.3. The van der Waals surface area contributed by atoms with E-state index < -0.39 is 6.61 Å². The maximum atomic E-state index is 12.6. The minimum atomic E-state index is -2.84. The lowest BCUT2D eigenvalue weighted by Crippen LogP contribution is -2.50. The van der Waals surface area contributed by atoms with Crippen LogP contribution in [0.5, 0.6) is 5.75 Å². The molecule has 1 aromatic rings. The lowest BCUT2D eigenvalue weighted by atomic mass is 10.0. The second-order valence-corrected chi connectivity index (χ2v) is 5.36. The summed E-state index contributed by atoms with van der Waals surface area (Å²) >= 11 is 0. The second-order valence-electron chi connectivity index (χ2n) is 5.36. The van der Waals surface area contributed by atoms with Gasteiger partial charge in [0.15, 0.2) is 0 Å². The average molecular weight is 300 g/mol. The van der Waals surface area contributed by atoms with E-state index in [4.69, 9.17) is 10.5 Å². The van der Waals surface area contributed by atoms with E-state index in [1.807, 2.05) is 19.9 Å². The Labute approximate surface area is 123 Å². The fourth-order valence-corrected chi connectivity index (χ4v) is 2.76. The Hall–Kier alpha value is -1.24. The van der Waals surface area contributed by atoms with Crippen LogP contribution in [0, 0.1) is 0 Å². The topological polar surface area (TPSA) is 47.7 Å². The zero-order valence-corrected chi connectivity index (χ0v) is 12.3. The lowest BCUT2D eigenvalue weighted by Gasteiger charge is -2.42. The van der Waals surface area contributed by atoms with E-state index in [1.54, 1.807) is 18.2 Å². The van der Waals surface area contributed by atoms with Crippen molar-refractivity contribution >= 4 is 0 Å². The standard InChI is InChI=1S/C15H22F2N2O2/c1-10-9-20-11(2)8-19(10)13(7-18)12-5-3-4-6-14(12)21-15(16)17/h3-6,10-11,13,15H,7-9,18H2,1-2H3. The molecule has 0 bridgehead atoms. The third-order valence-corrected chi connectivity index (χ3v) is 3.77. The van der Waals surface area contributed by atoms with Crippen molar-refractivity contribution in [3.8, 4) is 5.75 Å². The molecule has 21 heavy (non-hydrogen) atoms. The van der Waals surface area contributed by atoms with Crippen molar-refractivity contribution in [1.82, 2.24) is 4.90 Å². The third-order valence-electron chi connectivity index (χ3n) is 3.77. The smallest absolute Gasteiger partial charge is 0.387 e. The summed E-state index contributed by atoms with van der Waals surface area (Å²) in [4.78, 5) is 2.20. The van der Waals surface area contributed by atoms with Gasteiger partial charge in [-0.1, -0.05) is 18.2 Å². The van der Waals surface area contributed by atoms with Gasteiger partial charge in [-0.05, 0) is 19.9 Å². The van der Waals surface area contributed by atoms with Crippen molar-refractivity contribution in [3.63, 3.8) is 0 Å². The molecule has 1 saturated heterocycles. The summed E-state index contributed by atoms with van der Waals surface area (Å²) in [7, 11) is 0. The van der Waals surface area contributed by atoms with Gasteiger partial charge in [0.2, 0.25) is 0 Å². The molecule has 0 aromatic heterocycles. The van der Waals surface area contributed by atoms with Crippen molar-refractivity contribution < 1.29 is 18.3 Å². The molecular weight excluding hydrogens is 278 g/mol. The fourth-order valence-electron chi connectivity index (χ4n) is 2.76. The molecule has 1 aromatic carbocycles. The maximum absolute atomic E-state index is 12.6.